The number of nitrogens with zero attached hydrogens (tertiary/aromatic N) is 1. The zero-order valence-corrected chi connectivity index (χ0v) is 12.9. The fraction of sp³-hybridized carbons (Fsp3) is 0.421. The summed E-state index contributed by atoms with van der Waals surface area (Å²) in [7, 11) is 0. The molecule has 2 aromatic carbocycles. The quantitative estimate of drug-likeness (QED) is 0.689. The Morgan fingerprint density at radius 1 is 1.10 bits per heavy atom. The molecule has 0 aliphatic carbocycles. The zero-order valence-electron chi connectivity index (χ0n) is 12.9. The van der Waals surface area contributed by atoms with Gasteiger partial charge in [-0.05, 0) is 24.5 Å². The van der Waals surface area contributed by atoms with Crippen molar-refractivity contribution in [3.05, 3.63) is 42.0 Å². The average Bonchev–Trinajstić information content (AvgIpc) is 2.55. The van der Waals surface area contributed by atoms with Crippen LogP contribution in [0, 0.1) is 17.2 Å². The molecule has 1 atom stereocenters. The molecule has 2 nitrogen and oxygen atoms in total. The Bertz CT molecular complexity index is 627. The maximum Gasteiger partial charge on any atom is 0.127 e. The predicted octanol–water partition coefficient (Wildman–Crippen LogP) is 5.31. The number of nitriles is 1. The van der Waals surface area contributed by atoms with E-state index in [2.05, 4.69) is 19.9 Å². The van der Waals surface area contributed by atoms with Crippen molar-refractivity contribution in [2.75, 3.05) is 6.61 Å². The van der Waals surface area contributed by atoms with E-state index < -0.39 is 0 Å². The van der Waals surface area contributed by atoms with Crippen LogP contribution in [-0.4, -0.2) is 6.61 Å². The van der Waals surface area contributed by atoms with Crippen LogP contribution in [0.15, 0.2) is 36.4 Å². The molecule has 0 spiro atoms. The Balaban J connectivity index is 2.17. The Morgan fingerprint density at radius 3 is 2.52 bits per heavy atom. The van der Waals surface area contributed by atoms with Crippen LogP contribution in [0.25, 0.3) is 10.8 Å². The molecule has 0 aliphatic rings. The standard InChI is InChI=1S/C19H23NO/c1-3-5-8-15(4-2)14-21-19-12-11-16(13-20)17-9-6-7-10-18(17)19/h6-7,9-12,15H,3-5,8,14H2,1-2H3. The van der Waals surface area contributed by atoms with Crippen LogP contribution in [0.3, 0.4) is 0 Å². The molecular formula is C19H23NO. The van der Waals surface area contributed by atoms with Crippen LogP contribution in [0.2, 0.25) is 0 Å². The summed E-state index contributed by atoms with van der Waals surface area (Å²) in [6, 6.07) is 14.0. The molecule has 0 saturated heterocycles. The minimum atomic E-state index is 0.611. The third-order valence-electron chi connectivity index (χ3n) is 4.02. The van der Waals surface area contributed by atoms with Crippen molar-refractivity contribution in [3.63, 3.8) is 0 Å². The van der Waals surface area contributed by atoms with Crippen molar-refractivity contribution < 1.29 is 4.74 Å². The molecule has 21 heavy (non-hydrogen) atoms. The highest BCUT2D eigenvalue weighted by Crippen LogP contribution is 2.29. The van der Waals surface area contributed by atoms with Crippen LogP contribution < -0.4 is 4.74 Å². The predicted molar refractivity (Wildman–Crippen MR) is 87.5 cm³/mol. The summed E-state index contributed by atoms with van der Waals surface area (Å²) in [5.41, 5.74) is 0.705. The van der Waals surface area contributed by atoms with Crippen LogP contribution in [0.4, 0.5) is 0 Å². The van der Waals surface area contributed by atoms with Gasteiger partial charge >= 0.3 is 0 Å². The first-order valence-electron chi connectivity index (χ1n) is 7.84. The van der Waals surface area contributed by atoms with Gasteiger partial charge in [0.15, 0.2) is 0 Å². The smallest absolute Gasteiger partial charge is 0.127 e. The molecule has 110 valence electrons. The molecule has 0 N–H and O–H groups in total. The van der Waals surface area contributed by atoms with E-state index in [9.17, 15) is 5.26 Å². The summed E-state index contributed by atoms with van der Waals surface area (Å²) in [4.78, 5) is 0. The molecule has 2 aromatic rings. The van der Waals surface area contributed by atoms with Gasteiger partial charge in [-0.1, -0.05) is 57.4 Å². The lowest BCUT2D eigenvalue weighted by molar-refractivity contribution is 0.235. The molecule has 1 unspecified atom stereocenters. The average molecular weight is 281 g/mol. The van der Waals surface area contributed by atoms with Crippen molar-refractivity contribution in [2.24, 2.45) is 5.92 Å². The van der Waals surface area contributed by atoms with Crippen molar-refractivity contribution >= 4 is 10.8 Å². The lowest BCUT2D eigenvalue weighted by Crippen LogP contribution is -2.11. The van der Waals surface area contributed by atoms with Crippen LogP contribution in [0.1, 0.15) is 45.1 Å². The normalized spacial score (nSPS) is 12.0. The first kappa shape index (κ1) is 15.4. The van der Waals surface area contributed by atoms with E-state index >= 15 is 0 Å². The molecule has 0 saturated carbocycles. The van der Waals surface area contributed by atoms with Gasteiger partial charge in [-0.25, -0.2) is 0 Å². The molecule has 2 heteroatoms. The number of hydrogen-bond donors (Lipinski definition) is 0. The van der Waals surface area contributed by atoms with Gasteiger partial charge in [-0.3, -0.25) is 0 Å². The van der Waals surface area contributed by atoms with Gasteiger partial charge in [0.1, 0.15) is 5.75 Å². The molecular weight excluding hydrogens is 258 g/mol. The number of hydrogen-bond acceptors (Lipinski definition) is 2. The second-order valence-electron chi connectivity index (χ2n) is 5.50. The maximum atomic E-state index is 9.19. The van der Waals surface area contributed by atoms with Crippen LogP contribution in [-0.2, 0) is 0 Å². The van der Waals surface area contributed by atoms with Gasteiger partial charge in [-0.2, -0.15) is 5.26 Å². The largest absolute Gasteiger partial charge is 0.493 e. The number of fused-ring (bicyclic) bond motifs is 1. The Labute approximate surface area is 127 Å². The van der Waals surface area contributed by atoms with E-state index in [1.807, 2.05) is 36.4 Å². The number of rotatable bonds is 7. The Hall–Kier alpha value is -2.01. The second-order valence-corrected chi connectivity index (χ2v) is 5.50. The van der Waals surface area contributed by atoms with Crippen LogP contribution in [0.5, 0.6) is 5.75 Å². The van der Waals surface area contributed by atoms with Gasteiger partial charge < -0.3 is 4.74 Å². The van der Waals surface area contributed by atoms with Gasteiger partial charge in [0.2, 0.25) is 0 Å². The Morgan fingerprint density at radius 2 is 1.86 bits per heavy atom. The van der Waals surface area contributed by atoms with Crippen molar-refractivity contribution in [1.29, 1.82) is 5.26 Å². The summed E-state index contributed by atoms with van der Waals surface area (Å²) >= 11 is 0. The highest BCUT2D eigenvalue weighted by molar-refractivity contribution is 5.92. The lowest BCUT2D eigenvalue weighted by Gasteiger charge is -2.17. The molecule has 0 radical (unpaired) electrons. The number of unbranched alkanes of at least 4 members (excludes halogenated alkanes) is 1. The number of ether oxygens (including phenoxy) is 1. The molecule has 0 aliphatic heterocycles. The molecule has 0 bridgehead atoms. The summed E-state index contributed by atoms with van der Waals surface area (Å²) in [6.45, 7) is 5.20. The van der Waals surface area contributed by atoms with E-state index in [1.54, 1.807) is 0 Å². The molecule has 0 aromatic heterocycles. The summed E-state index contributed by atoms with van der Waals surface area (Å²) < 4.78 is 6.06. The second kappa shape index (κ2) is 7.69. The van der Waals surface area contributed by atoms with Gasteiger partial charge in [0.25, 0.3) is 0 Å². The van der Waals surface area contributed by atoms with E-state index in [1.165, 1.54) is 19.3 Å². The summed E-state index contributed by atoms with van der Waals surface area (Å²) in [5.74, 6) is 1.50. The topological polar surface area (TPSA) is 33.0 Å². The molecule has 0 amide bonds. The zero-order chi connectivity index (χ0) is 15.1. The third kappa shape index (κ3) is 3.76. The van der Waals surface area contributed by atoms with Gasteiger partial charge in [0, 0.05) is 10.8 Å². The van der Waals surface area contributed by atoms with Crippen molar-refractivity contribution in [3.8, 4) is 11.8 Å². The maximum absolute atomic E-state index is 9.19. The SMILES string of the molecule is CCCCC(CC)COc1ccc(C#N)c2ccccc12. The minimum Gasteiger partial charge on any atom is -0.493 e. The lowest BCUT2D eigenvalue weighted by atomic mass is 10.0. The first-order valence-corrected chi connectivity index (χ1v) is 7.84. The molecule has 0 fully saturated rings. The van der Waals surface area contributed by atoms with Gasteiger partial charge in [-0.15, -0.1) is 0 Å². The molecule has 2 rings (SSSR count). The van der Waals surface area contributed by atoms with Gasteiger partial charge in [0.05, 0.1) is 18.2 Å². The fourth-order valence-corrected chi connectivity index (χ4v) is 2.60. The fourth-order valence-electron chi connectivity index (χ4n) is 2.60. The summed E-state index contributed by atoms with van der Waals surface area (Å²) in [6.07, 6.45) is 4.86. The highest BCUT2D eigenvalue weighted by Gasteiger charge is 2.10. The minimum absolute atomic E-state index is 0.611. The summed E-state index contributed by atoms with van der Waals surface area (Å²) in [5, 5.41) is 11.2. The van der Waals surface area contributed by atoms with E-state index in [-0.39, 0.29) is 0 Å². The molecule has 0 heterocycles. The van der Waals surface area contributed by atoms with E-state index in [0.29, 0.717) is 11.5 Å². The highest BCUT2D eigenvalue weighted by atomic mass is 16.5. The van der Waals surface area contributed by atoms with E-state index in [4.69, 9.17) is 4.74 Å². The number of benzene rings is 2. The van der Waals surface area contributed by atoms with E-state index in [0.717, 1.165) is 29.5 Å². The first-order chi connectivity index (χ1) is 10.3. The Kier molecular flexibility index (Phi) is 5.63. The monoisotopic (exact) mass is 281 g/mol. The van der Waals surface area contributed by atoms with Crippen LogP contribution >= 0.6 is 0 Å². The van der Waals surface area contributed by atoms with Crippen molar-refractivity contribution in [1.82, 2.24) is 0 Å². The van der Waals surface area contributed by atoms with Crippen molar-refractivity contribution in [2.45, 2.75) is 39.5 Å². The third-order valence-corrected chi connectivity index (χ3v) is 4.02.